The standard InChI is InChI=1S/C16H17N5O3/c1-2-19-7-5-12-3-4-13(9-15(12)19)18-16(22)6-8-20-11-14(10-17-20)21(23)24/h3-5,7,9-11H,2,6,8H2,1H3,(H,18,22). The molecule has 1 N–H and O–H groups in total. The lowest BCUT2D eigenvalue weighted by Gasteiger charge is -2.07. The van der Waals surface area contributed by atoms with Crippen LogP contribution in [0.5, 0.6) is 0 Å². The second-order valence-electron chi connectivity index (χ2n) is 5.39. The van der Waals surface area contributed by atoms with Gasteiger partial charge in [-0.2, -0.15) is 5.10 Å². The third kappa shape index (κ3) is 3.27. The van der Waals surface area contributed by atoms with Gasteiger partial charge >= 0.3 is 5.69 Å². The topological polar surface area (TPSA) is 95.0 Å². The maximum atomic E-state index is 12.1. The summed E-state index contributed by atoms with van der Waals surface area (Å²) in [6.45, 7) is 3.21. The molecule has 3 aromatic rings. The largest absolute Gasteiger partial charge is 0.348 e. The molecule has 24 heavy (non-hydrogen) atoms. The van der Waals surface area contributed by atoms with E-state index in [-0.39, 0.29) is 24.6 Å². The molecule has 0 fully saturated rings. The number of hydrogen-bond acceptors (Lipinski definition) is 4. The van der Waals surface area contributed by atoms with E-state index < -0.39 is 4.92 Å². The van der Waals surface area contributed by atoms with Crippen LogP contribution >= 0.6 is 0 Å². The quantitative estimate of drug-likeness (QED) is 0.556. The van der Waals surface area contributed by atoms with Gasteiger partial charge in [0.25, 0.3) is 0 Å². The van der Waals surface area contributed by atoms with Gasteiger partial charge in [-0.1, -0.05) is 6.07 Å². The summed E-state index contributed by atoms with van der Waals surface area (Å²) in [7, 11) is 0. The molecular formula is C16H17N5O3. The smallest absolute Gasteiger partial charge is 0.306 e. The molecular weight excluding hydrogens is 310 g/mol. The van der Waals surface area contributed by atoms with Gasteiger partial charge in [0.05, 0.1) is 10.4 Å². The van der Waals surface area contributed by atoms with E-state index in [0.717, 1.165) is 23.1 Å². The second-order valence-corrected chi connectivity index (χ2v) is 5.39. The van der Waals surface area contributed by atoms with Crippen molar-refractivity contribution in [2.45, 2.75) is 26.4 Å². The van der Waals surface area contributed by atoms with Gasteiger partial charge in [0.2, 0.25) is 5.91 Å². The fraction of sp³-hybridized carbons (Fsp3) is 0.250. The number of nitrogens with zero attached hydrogens (tertiary/aromatic N) is 4. The van der Waals surface area contributed by atoms with Gasteiger partial charge < -0.3 is 9.88 Å². The van der Waals surface area contributed by atoms with Crippen LogP contribution in [-0.2, 0) is 17.9 Å². The third-order valence-electron chi connectivity index (χ3n) is 3.80. The molecule has 8 nitrogen and oxygen atoms in total. The summed E-state index contributed by atoms with van der Waals surface area (Å²) in [4.78, 5) is 22.2. The van der Waals surface area contributed by atoms with Crippen molar-refractivity contribution < 1.29 is 9.72 Å². The summed E-state index contributed by atoms with van der Waals surface area (Å²) >= 11 is 0. The first-order chi connectivity index (χ1) is 11.6. The molecule has 2 heterocycles. The normalized spacial score (nSPS) is 10.9. The number of hydrogen-bond donors (Lipinski definition) is 1. The molecule has 0 aliphatic rings. The Morgan fingerprint density at radius 1 is 1.38 bits per heavy atom. The summed E-state index contributed by atoms with van der Waals surface area (Å²) in [5, 5.41) is 18.4. The van der Waals surface area contributed by atoms with Crippen molar-refractivity contribution in [1.29, 1.82) is 0 Å². The number of benzene rings is 1. The fourth-order valence-electron chi connectivity index (χ4n) is 2.55. The number of anilines is 1. The minimum atomic E-state index is -0.512. The second kappa shape index (κ2) is 6.53. The number of carbonyl (C=O) groups excluding carboxylic acids is 1. The molecule has 0 radical (unpaired) electrons. The van der Waals surface area contributed by atoms with E-state index >= 15 is 0 Å². The number of nitrogens with one attached hydrogen (secondary N) is 1. The Kier molecular flexibility index (Phi) is 4.28. The highest BCUT2D eigenvalue weighted by Gasteiger charge is 2.10. The average molecular weight is 327 g/mol. The molecule has 0 bridgehead atoms. The maximum absolute atomic E-state index is 12.1. The molecule has 0 atom stereocenters. The maximum Gasteiger partial charge on any atom is 0.306 e. The van der Waals surface area contributed by atoms with E-state index in [1.54, 1.807) is 0 Å². The molecule has 2 aromatic heterocycles. The number of rotatable bonds is 6. The molecule has 1 aromatic carbocycles. The summed E-state index contributed by atoms with van der Waals surface area (Å²) in [6.07, 6.45) is 4.69. The molecule has 0 saturated heterocycles. The summed E-state index contributed by atoms with van der Waals surface area (Å²) < 4.78 is 3.50. The van der Waals surface area contributed by atoms with Crippen LogP contribution in [0.3, 0.4) is 0 Å². The van der Waals surface area contributed by atoms with Crippen LogP contribution < -0.4 is 5.32 Å². The van der Waals surface area contributed by atoms with Crippen LogP contribution in [0.4, 0.5) is 11.4 Å². The Morgan fingerprint density at radius 2 is 2.21 bits per heavy atom. The van der Waals surface area contributed by atoms with E-state index in [0.29, 0.717) is 0 Å². The van der Waals surface area contributed by atoms with E-state index in [9.17, 15) is 14.9 Å². The van der Waals surface area contributed by atoms with Crippen molar-refractivity contribution >= 4 is 28.2 Å². The van der Waals surface area contributed by atoms with Crippen LogP contribution in [0.25, 0.3) is 10.9 Å². The molecule has 0 aliphatic carbocycles. The first-order valence-electron chi connectivity index (χ1n) is 7.62. The lowest BCUT2D eigenvalue weighted by atomic mass is 10.2. The Morgan fingerprint density at radius 3 is 2.92 bits per heavy atom. The number of fused-ring (bicyclic) bond motifs is 1. The van der Waals surface area contributed by atoms with Crippen LogP contribution in [0.2, 0.25) is 0 Å². The zero-order valence-electron chi connectivity index (χ0n) is 13.2. The zero-order chi connectivity index (χ0) is 17.1. The Hall–Kier alpha value is -3.16. The Bertz CT molecular complexity index is 896. The first kappa shape index (κ1) is 15.7. The van der Waals surface area contributed by atoms with Gasteiger partial charge in [-0.15, -0.1) is 0 Å². The van der Waals surface area contributed by atoms with Crippen molar-refractivity contribution in [1.82, 2.24) is 14.3 Å². The number of amides is 1. The number of nitro groups is 1. The van der Waals surface area contributed by atoms with Crippen molar-refractivity contribution in [3.8, 4) is 0 Å². The summed E-state index contributed by atoms with van der Waals surface area (Å²) in [5.41, 5.74) is 1.71. The molecule has 8 heteroatoms. The van der Waals surface area contributed by atoms with Crippen LogP contribution in [0.15, 0.2) is 42.9 Å². The van der Waals surface area contributed by atoms with E-state index in [1.807, 2.05) is 30.5 Å². The highest BCUT2D eigenvalue weighted by atomic mass is 16.6. The van der Waals surface area contributed by atoms with Gasteiger partial charge in [0, 0.05) is 31.4 Å². The van der Waals surface area contributed by atoms with Gasteiger partial charge in [-0.3, -0.25) is 19.6 Å². The van der Waals surface area contributed by atoms with E-state index in [2.05, 4.69) is 21.9 Å². The van der Waals surface area contributed by atoms with Crippen LogP contribution in [0.1, 0.15) is 13.3 Å². The van der Waals surface area contributed by atoms with Gasteiger partial charge in [0.1, 0.15) is 12.4 Å². The zero-order valence-corrected chi connectivity index (χ0v) is 13.2. The molecule has 3 rings (SSSR count). The lowest BCUT2D eigenvalue weighted by Crippen LogP contribution is -2.14. The van der Waals surface area contributed by atoms with Crippen LogP contribution in [-0.4, -0.2) is 25.2 Å². The highest BCUT2D eigenvalue weighted by Crippen LogP contribution is 2.20. The molecule has 0 spiro atoms. The molecule has 0 aliphatic heterocycles. The number of carbonyl (C=O) groups is 1. The van der Waals surface area contributed by atoms with Crippen LogP contribution in [0, 0.1) is 10.1 Å². The molecule has 0 unspecified atom stereocenters. The average Bonchev–Trinajstić information content (AvgIpc) is 3.19. The number of aromatic nitrogens is 3. The Labute approximate surface area is 137 Å². The molecule has 124 valence electrons. The van der Waals surface area contributed by atoms with Gasteiger partial charge in [-0.25, -0.2) is 0 Å². The predicted octanol–water partition coefficient (Wildman–Crippen LogP) is 2.79. The summed E-state index contributed by atoms with van der Waals surface area (Å²) in [6, 6.07) is 7.80. The minimum Gasteiger partial charge on any atom is -0.348 e. The summed E-state index contributed by atoms with van der Waals surface area (Å²) in [5.74, 6) is -0.165. The van der Waals surface area contributed by atoms with E-state index in [4.69, 9.17) is 0 Å². The van der Waals surface area contributed by atoms with Gasteiger partial charge in [-0.05, 0) is 30.5 Å². The predicted molar refractivity (Wildman–Crippen MR) is 89.7 cm³/mol. The van der Waals surface area contributed by atoms with Crippen molar-refractivity contribution in [3.05, 3.63) is 53.0 Å². The SMILES string of the molecule is CCn1ccc2ccc(NC(=O)CCn3cc([N+](=O)[O-])cn3)cc21. The monoisotopic (exact) mass is 327 g/mol. The lowest BCUT2D eigenvalue weighted by molar-refractivity contribution is -0.385. The minimum absolute atomic E-state index is 0.0822. The van der Waals surface area contributed by atoms with Gasteiger partial charge in [0.15, 0.2) is 0 Å². The van der Waals surface area contributed by atoms with E-state index in [1.165, 1.54) is 17.1 Å². The first-order valence-corrected chi connectivity index (χ1v) is 7.62. The van der Waals surface area contributed by atoms with Crippen molar-refractivity contribution in [3.63, 3.8) is 0 Å². The van der Waals surface area contributed by atoms with Crippen molar-refractivity contribution in [2.75, 3.05) is 5.32 Å². The number of aryl methyl sites for hydroxylation is 2. The molecule has 1 amide bonds. The Balaban J connectivity index is 1.62. The third-order valence-corrected chi connectivity index (χ3v) is 3.80. The fourth-order valence-corrected chi connectivity index (χ4v) is 2.55. The van der Waals surface area contributed by atoms with Crippen molar-refractivity contribution in [2.24, 2.45) is 0 Å². The highest BCUT2D eigenvalue weighted by molar-refractivity contribution is 5.93. The molecule has 0 saturated carbocycles.